The zero-order valence-corrected chi connectivity index (χ0v) is 15.9. The molecule has 142 valence electrons. The summed E-state index contributed by atoms with van der Waals surface area (Å²) in [6.45, 7) is 3.31. The van der Waals surface area contributed by atoms with E-state index in [1.54, 1.807) is 17.0 Å². The summed E-state index contributed by atoms with van der Waals surface area (Å²) in [5, 5.41) is 2.79. The van der Waals surface area contributed by atoms with Crippen molar-refractivity contribution in [3.8, 4) is 0 Å². The van der Waals surface area contributed by atoms with Gasteiger partial charge in [0, 0.05) is 44.0 Å². The Hall–Kier alpha value is -2.86. The molecule has 0 saturated carbocycles. The lowest BCUT2D eigenvalue weighted by atomic mass is 10.1. The van der Waals surface area contributed by atoms with Crippen molar-refractivity contribution in [3.05, 3.63) is 65.7 Å². The standard InChI is InChI=1S/C21H26N4O2/c1-23(2)14-15-24(16-17-6-4-3-5-7-17)20(26)18-8-10-19(11-9-18)25-13-12-22-21(25)27/h3-11H,12-16H2,1-2H3,(H,22,27). The van der Waals surface area contributed by atoms with Gasteiger partial charge < -0.3 is 15.1 Å². The molecule has 0 spiro atoms. The highest BCUT2D eigenvalue weighted by molar-refractivity contribution is 5.97. The Morgan fingerprint density at radius 2 is 1.74 bits per heavy atom. The Balaban J connectivity index is 1.74. The molecule has 6 heteroatoms. The van der Waals surface area contributed by atoms with E-state index in [9.17, 15) is 9.59 Å². The van der Waals surface area contributed by atoms with Gasteiger partial charge in [-0.3, -0.25) is 9.69 Å². The third kappa shape index (κ3) is 4.86. The van der Waals surface area contributed by atoms with Crippen molar-refractivity contribution in [1.29, 1.82) is 0 Å². The van der Waals surface area contributed by atoms with Crippen molar-refractivity contribution >= 4 is 17.6 Å². The molecular weight excluding hydrogens is 340 g/mol. The average Bonchev–Trinajstić information content (AvgIpc) is 3.11. The van der Waals surface area contributed by atoms with Crippen LogP contribution in [0.15, 0.2) is 54.6 Å². The number of benzene rings is 2. The molecule has 0 bridgehead atoms. The number of nitrogens with one attached hydrogen (secondary N) is 1. The van der Waals surface area contributed by atoms with Crippen molar-refractivity contribution in [1.82, 2.24) is 15.1 Å². The van der Waals surface area contributed by atoms with E-state index >= 15 is 0 Å². The number of hydrogen-bond donors (Lipinski definition) is 1. The highest BCUT2D eigenvalue weighted by Crippen LogP contribution is 2.19. The summed E-state index contributed by atoms with van der Waals surface area (Å²) in [4.78, 5) is 30.5. The average molecular weight is 366 g/mol. The van der Waals surface area contributed by atoms with Gasteiger partial charge in [-0.05, 0) is 43.9 Å². The predicted octanol–water partition coefficient (Wildman–Crippen LogP) is 2.42. The highest BCUT2D eigenvalue weighted by atomic mass is 16.2. The minimum atomic E-state index is -0.0919. The molecule has 1 aliphatic heterocycles. The van der Waals surface area contributed by atoms with Crippen LogP contribution in [0.1, 0.15) is 15.9 Å². The van der Waals surface area contributed by atoms with Gasteiger partial charge in [-0.25, -0.2) is 4.79 Å². The highest BCUT2D eigenvalue weighted by Gasteiger charge is 2.22. The summed E-state index contributed by atoms with van der Waals surface area (Å²) in [5.74, 6) is -0.00173. The summed E-state index contributed by atoms with van der Waals surface area (Å²) in [6, 6.07) is 17.2. The first kappa shape index (κ1) is 18.9. The molecule has 1 fully saturated rings. The maximum Gasteiger partial charge on any atom is 0.321 e. The van der Waals surface area contributed by atoms with E-state index in [-0.39, 0.29) is 11.9 Å². The number of rotatable bonds is 7. The summed E-state index contributed by atoms with van der Waals surface area (Å²) in [5.41, 5.74) is 2.55. The van der Waals surface area contributed by atoms with Crippen LogP contribution >= 0.6 is 0 Å². The number of hydrogen-bond acceptors (Lipinski definition) is 3. The van der Waals surface area contributed by atoms with Gasteiger partial charge in [0.25, 0.3) is 5.91 Å². The van der Waals surface area contributed by atoms with Gasteiger partial charge in [0.2, 0.25) is 0 Å². The van der Waals surface area contributed by atoms with Gasteiger partial charge in [-0.2, -0.15) is 0 Å². The predicted molar refractivity (Wildman–Crippen MR) is 107 cm³/mol. The molecule has 27 heavy (non-hydrogen) atoms. The largest absolute Gasteiger partial charge is 0.336 e. The van der Waals surface area contributed by atoms with Crippen molar-refractivity contribution in [2.45, 2.75) is 6.54 Å². The lowest BCUT2D eigenvalue weighted by Gasteiger charge is -2.25. The first-order valence-electron chi connectivity index (χ1n) is 9.18. The van der Waals surface area contributed by atoms with E-state index < -0.39 is 0 Å². The zero-order valence-electron chi connectivity index (χ0n) is 15.9. The Labute approximate surface area is 160 Å². The topological polar surface area (TPSA) is 55.9 Å². The molecule has 6 nitrogen and oxygen atoms in total. The molecule has 2 aromatic carbocycles. The maximum atomic E-state index is 13.1. The van der Waals surface area contributed by atoms with Crippen LogP contribution in [0.4, 0.5) is 10.5 Å². The molecule has 1 saturated heterocycles. The summed E-state index contributed by atoms with van der Waals surface area (Å²) >= 11 is 0. The minimum absolute atomic E-state index is 0.00173. The van der Waals surface area contributed by atoms with E-state index in [0.29, 0.717) is 31.7 Å². The maximum absolute atomic E-state index is 13.1. The smallest absolute Gasteiger partial charge is 0.321 e. The zero-order chi connectivity index (χ0) is 19.2. The van der Waals surface area contributed by atoms with Crippen molar-refractivity contribution < 1.29 is 9.59 Å². The number of carbonyl (C=O) groups is 2. The molecule has 0 atom stereocenters. The Morgan fingerprint density at radius 1 is 1.04 bits per heavy atom. The first-order valence-corrected chi connectivity index (χ1v) is 9.18. The fourth-order valence-electron chi connectivity index (χ4n) is 3.06. The van der Waals surface area contributed by atoms with Crippen LogP contribution in [0.3, 0.4) is 0 Å². The Morgan fingerprint density at radius 3 is 2.33 bits per heavy atom. The monoisotopic (exact) mass is 366 g/mol. The summed E-state index contributed by atoms with van der Waals surface area (Å²) < 4.78 is 0. The third-order valence-corrected chi connectivity index (χ3v) is 4.60. The molecule has 3 amide bonds. The Bertz CT molecular complexity index is 775. The molecule has 3 rings (SSSR count). The molecule has 0 aliphatic carbocycles. The van der Waals surface area contributed by atoms with Crippen LogP contribution in [0, 0.1) is 0 Å². The van der Waals surface area contributed by atoms with Gasteiger partial charge in [-0.1, -0.05) is 30.3 Å². The molecule has 0 radical (unpaired) electrons. The lowest BCUT2D eigenvalue weighted by molar-refractivity contribution is 0.0732. The summed E-state index contributed by atoms with van der Waals surface area (Å²) in [6.07, 6.45) is 0. The normalized spacial score (nSPS) is 13.7. The van der Waals surface area contributed by atoms with Gasteiger partial charge in [-0.15, -0.1) is 0 Å². The molecule has 0 unspecified atom stereocenters. The van der Waals surface area contributed by atoms with Crippen LogP contribution < -0.4 is 10.2 Å². The number of anilines is 1. The second-order valence-corrected chi connectivity index (χ2v) is 6.95. The minimum Gasteiger partial charge on any atom is -0.336 e. The number of nitrogens with zero attached hydrogens (tertiary/aromatic N) is 3. The molecule has 1 heterocycles. The van der Waals surface area contributed by atoms with Gasteiger partial charge in [0.15, 0.2) is 0 Å². The van der Waals surface area contributed by atoms with Crippen molar-refractivity contribution in [2.24, 2.45) is 0 Å². The van der Waals surface area contributed by atoms with Crippen LogP contribution in [0.25, 0.3) is 0 Å². The van der Waals surface area contributed by atoms with E-state index in [1.165, 1.54) is 0 Å². The number of urea groups is 1. The van der Waals surface area contributed by atoms with Gasteiger partial charge in [0.05, 0.1) is 0 Å². The molecule has 0 aromatic heterocycles. The van der Waals surface area contributed by atoms with Crippen LogP contribution in [0.2, 0.25) is 0 Å². The van der Waals surface area contributed by atoms with E-state index in [4.69, 9.17) is 0 Å². The van der Waals surface area contributed by atoms with E-state index in [2.05, 4.69) is 10.2 Å². The second kappa shape index (κ2) is 8.68. The van der Waals surface area contributed by atoms with E-state index in [1.807, 2.05) is 61.5 Å². The van der Waals surface area contributed by atoms with Crippen molar-refractivity contribution in [2.75, 3.05) is 45.2 Å². The van der Waals surface area contributed by atoms with E-state index in [0.717, 1.165) is 17.8 Å². The first-order chi connectivity index (χ1) is 13.0. The number of amides is 3. The van der Waals surface area contributed by atoms with Crippen LogP contribution in [-0.2, 0) is 6.54 Å². The van der Waals surface area contributed by atoms with Gasteiger partial charge >= 0.3 is 6.03 Å². The summed E-state index contributed by atoms with van der Waals surface area (Å²) in [7, 11) is 4.00. The fraction of sp³-hybridized carbons (Fsp3) is 0.333. The Kier molecular flexibility index (Phi) is 6.08. The number of carbonyl (C=O) groups excluding carboxylic acids is 2. The molecule has 2 aromatic rings. The molecule has 1 aliphatic rings. The van der Waals surface area contributed by atoms with Crippen LogP contribution in [0.5, 0.6) is 0 Å². The quantitative estimate of drug-likeness (QED) is 0.819. The fourth-order valence-corrected chi connectivity index (χ4v) is 3.06. The SMILES string of the molecule is CN(C)CCN(Cc1ccccc1)C(=O)c1ccc(N2CCNC2=O)cc1. The molecule has 1 N–H and O–H groups in total. The lowest BCUT2D eigenvalue weighted by Crippen LogP contribution is -2.36. The number of likely N-dealkylation sites (N-methyl/N-ethyl adjacent to an activating group) is 1. The third-order valence-electron chi connectivity index (χ3n) is 4.60. The van der Waals surface area contributed by atoms with Gasteiger partial charge in [0.1, 0.15) is 0 Å². The molecular formula is C21H26N4O2. The van der Waals surface area contributed by atoms with Crippen LogP contribution in [-0.4, -0.2) is 62.0 Å². The second-order valence-electron chi connectivity index (χ2n) is 6.95. The van der Waals surface area contributed by atoms with Crippen molar-refractivity contribution in [3.63, 3.8) is 0 Å².